The predicted octanol–water partition coefficient (Wildman–Crippen LogP) is 2.56. The van der Waals surface area contributed by atoms with Crippen LogP contribution in [-0.2, 0) is 11.2 Å². The molecular formula is C21H26N4O2. The number of hydrogen-bond acceptors (Lipinski definition) is 5. The number of nitrogens with zero attached hydrogens (tertiary/aromatic N) is 4. The van der Waals surface area contributed by atoms with Crippen LogP contribution in [0, 0.1) is 6.92 Å². The number of carbonyl (C=O) groups excluding carboxylic acids is 1. The van der Waals surface area contributed by atoms with Crippen molar-refractivity contribution in [2.45, 2.75) is 39.2 Å². The first-order valence-corrected chi connectivity index (χ1v) is 9.65. The lowest BCUT2D eigenvalue weighted by molar-refractivity contribution is -0.138. The molecule has 0 spiro atoms. The fourth-order valence-corrected chi connectivity index (χ4v) is 3.67. The zero-order valence-corrected chi connectivity index (χ0v) is 16.2. The second kappa shape index (κ2) is 7.18. The summed E-state index contributed by atoms with van der Waals surface area (Å²) in [7, 11) is 0. The maximum atomic E-state index is 12.9. The van der Waals surface area contributed by atoms with Gasteiger partial charge < -0.3 is 14.5 Å². The van der Waals surface area contributed by atoms with Gasteiger partial charge in [0.05, 0.1) is 0 Å². The number of para-hydroxylation sites is 1. The average molecular weight is 366 g/mol. The van der Waals surface area contributed by atoms with Crippen LogP contribution >= 0.6 is 0 Å². The molecule has 0 unspecified atom stereocenters. The molecule has 1 amide bonds. The van der Waals surface area contributed by atoms with E-state index in [1.165, 1.54) is 0 Å². The number of aryl methyl sites for hydroxylation is 1. The Morgan fingerprint density at radius 1 is 1.15 bits per heavy atom. The molecule has 0 N–H and O–H groups in total. The fraction of sp³-hybridized carbons (Fsp3) is 0.476. The quantitative estimate of drug-likeness (QED) is 0.836. The monoisotopic (exact) mass is 366 g/mol. The van der Waals surface area contributed by atoms with Crippen LogP contribution in [0.3, 0.4) is 0 Å². The number of amides is 1. The molecule has 0 saturated carbocycles. The van der Waals surface area contributed by atoms with E-state index in [4.69, 9.17) is 9.72 Å². The van der Waals surface area contributed by atoms with Gasteiger partial charge in [-0.1, -0.05) is 32.0 Å². The summed E-state index contributed by atoms with van der Waals surface area (Å²) in [6, 6.07) is 9.93. The smallest absolute Gasteiger partial charge is 0.264 e. The molecule has 1 aromatic heterocycles. The summed E-state index contributed by atoms with van der Waals surface area (Å²) in [5, 5.41) is 0. The van der Waals surface area contributed by atoms with Crippen molar-refractivity contribution >= 4 is 11.7 Å². The summed E-state index contributed by atoms with van der Waals surface area (Å²) in [4.78, 5) is 26.3. The van der Waals surface area contributed by atoms with E-state index in [2.05, 4.69) is 23.7 Å². The minimum Gasteiger partial charge on any atom is -0.480 e. The number of hydrogen-bond donors (Lipinski definition) is 0. The molecule has 2 aliphatic heterocycles. The first kappa shape index (κ1) is 17.8. The third-order valence-electron chi connectivity index (χ3n) is 5.21. The lowest BCUT2D eigenvalue weighted by atomic mass is 10.1. The van der Waals surface area contributed by atoms with Gasteiger partial charge in [-0.05, 0) is 18.6 Å². The van der Waals surface area contributed by atoms with Crippen molar-refractivity contribution in [1.82, 2.24) is 14.9 Å². The van der Waals surface area contributed by atoms with Crippen LogP contribution in [0.15, 0.2) is 30.3 Å². The number of aromatic nitrogens is 2. The van der Waals surface area contributed by atoms with E-state index >= 15 is 0 Å². The number of carbonyl (C=O) groups is 1. The number of anilines is 1. The van der Waals surface area contributed by atoms with E-state index < -0.39 is 0 Å². The van der Waals surface area contributed by atoms with E-state index in [0.717, 1.165) is 41.7 Å². The molecule has 4 rings (SSSR count). The Bertz CT molecular complexity index is 819. The third kappa shape index (κ3) is 3.61. The van der Waals surface area contributed by atoms with Crippen LogP contribution in [0.5, 0.6) is 5.75 Å². The highest BCUT2D eigenvalue weighted by Crippen LogP contribution is 2.29. The molecule has 3 heterocycles. The third-order valence-corrected chi connectivity index (χ3v) is 5.21. The maximum Gasteiger partial charge on any atom is 0.264 e. The van der Waals surface area contributed by atoms with Gasteiger partial charge in [0.2, 0.25) is 0 Å². The molecule has 0 aliphatic carbocycles. The Hall–Kier alpha value is -2.63. The zero-order valence-electron chi connectivity index (χ0n) is 16.2. The number of rotatable bonds is 3. The molecule has 27 heavy (non-hydrogen) atoms. The highest BCUT2D eigenvalue weighted by molar-refractivity contribution is 5.83. The molecule has 2 aromatic rings. The van der Waals surface area contributed by atoms with Crippen molar-refractivity contribution in [3.8, 4) is 5.75 Å². The van der Waals surface area contributed by atoms with Gasteiger partial charge in [-0.3, -0.25) is 4.79 Å². The lowest BCUT2D eigenvalue weighted by Gasteiger charge is -2.36. The number of ether oxygens (including phenoxy) is 1. The first-order chi connectivity index (χ1) is 13.0. The minimum absolute atomic E-state index is 0.0904. The second-order valence-corrected chi connectivity index (χ2v) is 7.61. The van der Waals surface area contributed by atoms with Crippen molar-refractivity contribution in [1.29, 1.82) is 0 Å². The van der Waals surface area contributed by atoms with Gasteiger partial charge in [0.15, 0.2) is 6.10 Å². The van der Waals surface area contributed by atoms with Crippen molar-refractivity contribution in [2.24, 2.45) is 0 Å². The van der Waals surface area contributed by atoms with Gasteiger partial charge in [0, 0.05) is 50.3 Å². The van der Waals surface area contributed by atoms with Gasteiger partial charge >= 0.3 is 0 Å². The topological polar surface area (TPSA) is 58.6 Å². The second-order valence-electron chi connectivity index (χ2n) is 7.61. The van der Waals surface area contributed by atoms with Gasteiger partial charge in [-0.2, -0.15) is 0 Å². The first-order valence-electron chi connectivity index (χ1n) is 9.65. The summed E-state index contributed by atoms with van der Waals surface area (Å²) >= 11 is 0. The molecule has 1 saturated heterocycles. The molecule has 0 bridgehead atoms. The van der Waals surface area contributed by atoms with Crippen molar-refractivity contribution in [3.63, 3.8) is 0 Å². The van der Waals surface area contributed by atoms with Crippen LogP contribution in [0.1, 0.15) is 36.8 Å². The molecule has 142 valence electrons. The van der Waals surface area contributed by atoms with E-state index in [9.17, 15) is 4.79 Å². The Balaban J connectivity index is 1.39. The largest absolute Gasteiger partial charge is 0.480 e. The van der Waals surface area contributed by atoms with Crippen molar-refractivity contribution in [2.75, 3.05) is 31.1 Å². The Kier molecular flexibility index (Phi) is 4.72. The molecule has 6 heteroatoms. The SMILES string of the molecule is Cc1cc(N2CCN(C(=O)[C@H]3Cc4ccccc4O3)CC2)nc(C(C)C)n1. The maximum absolute atomic E-state index is 12.9. The van der Waals surface area contributed by atoms with Gasteiger partial charge in [-0.15, -0.1) is 0 Å². The number of fused-ring (bicyclic) bond motifs is 1. The highest BCUT2D eigenvalue weighted by Gasteiger charge is 2.33. The lowest BCUT2D eigenvalue weighted by Crippen LogP contribution is -2.52. The van der Waals surface area contributed by atoms with Crippen LogP contribution in [-0.4, -0.2) is 53.1 Å². The standard InChI is InChI=1S/C21H26N4O2/c1-14(2)20-22-15(3)12-19(23-20)24-8-10-25(11-9-24)21(26)18-13-16-6-4-5-7-17(16)27-18/h4-7,12,14,18H,8-11,13H2,1-3H3/t18-/m1/s1. The number of piperazine rings is 1. The van der Waals surface area contributed by atoms with Gasteiger partial charge in [-0.25, -0.2) is 9.97 Å². The molecule has 1 atom stereocenters. The van der Waals surface area contributed by atoms with Crippen LogP contribution in [0.4, 0.5) is 5.82 Å². The molecule has 0 radical (unpaired) electrons. The van der Waals surface area contributed by atoms with E-state index in [-0.39, 0.29) is 12.0 Å². The van der Waals surface area contributed by atoms with E-state index in [1.54, 1.807) is 0 Å². The Labute approximate surface area is 160 Å². The summed E-state index contributed by atoms with van der Waals surface area (Å²) in [6.07, 6.45) is 0.278. The van der Waals surface area contributed by atoms with Crippen molar-refractivity contribution in [3.05, 3.63) is 47.4 Å². The highest BCUT2D eigenvalue weighted by atomic mass is 16.5. The Morgan fingerprint density at radius 2 is 1.89 bits per heavy atom. The van der Waals surface area contributed by atoms with Crippen LogP contribution in [0.25, 0.3) is 0 Å². The summed E-state index contributed by atoms with van der Waals surface area (Å²) in [5.41, 5.74) is 2.10. The summed E-state index contributed by atoms with van der Waals surface area (Å²) in [5.74, 6) is 3.07. The summed E-state index contributed by atoms with van der Waals surface area (Å²) < 4.78 is 5.87. The van der Waals surface area contributed by atoms with Crippen LogP contribution in [0.2, 0.25) is 0 Å². The van der Waals surface area contributed by atoms with E-state index in [1.807, 2.05) is 42.2 Å². The fourth-order valence-electron chi connectivity index (χ4n) is 3.67. The van der Waals surface area contributed by atoms with Crippen molar-refractivity contribution < 1.29 is 9.53 Å². The molecular weight excluding hydrogens is 340 g/mol. The molecule has 2 aliphatic rings. The van der Waals surface area contributed by atoms with E-state index in [0.29, 0.717) is 25.4 Å². The van der Waals surface area contributed by atoms with Crippen LogP contribution < -0.4 is 9.64 Å². The minimum atomic E-state index is -0.386. The Morgan fingerprint density at radius 3 is 2.59 bits per heavy atom. The predicted molar refractivity (Wildman–Crippen MR) is 104 cm³/mol. The average Bonchev–Trinajstić information content (AvgIpc) is 3.11. The zero-order chi connectivity index (χ0) is 19.0. The molecule has 6 nitrogen and oxygen atoms in total. The molecule has 1 fully saturated rings. The summed E-state index contributed by atoms with van der Waals surface area (Å²) in [6.45, 7) is 9.15. The van der Waals surface area contributed by atoms with Gasteiger partial charge in [0.25, 0.3) is 5.91 Å². The number of benzene rings is 1. The normalized spacial score (nSPS) is 19.2. The van der Waals surface area contributed by atoms with Gasteiger partial charge in [0.1, 0.15) is 17.4 Å². The molecule has 1 aromatic carbocycles.